The zero-order chi connectivity index (χ0) is 10.9. The number of rotatable bonds is 4. The van der Waals surface area contributed by atoms with Gasteiger partial charge in [0.2, 0.25) is 0 Å². The van der Waals surface area contributed by atoms with Gasteiger partial charge in [-0.25, -0.2) is 0 Å². The lowest BCUT2D eigenvalue weighted by atomic mass is 10.2. The molecule has 76 valence electrons. The lowest BCUT2D eigenvalue weighted by Crippen LogP contribution is -1.73. The average Bonchev–Trinajstić information content (AvgIpc) is 2.28. The molecule has 0 atom stereocenters. The lowest BCUT2D eigenvalue weighted by Gasteiger charge is -1.91. The van der Waals surface area contributed by atoms with Crippen molar-refractivity contribution >= 4 is 6.08 Å². The quantitative estimate of drug-likeness (QED) is 0.575. The van der Waals surface area contributed by atoms with E-state index in [1.807, 2.05) is 36.4 Å². The highest BCUT2D eigenvalue weighted by molar-refractivity contribution is 5.51. The summed E-state index contributed by atoms with van der Waals surface area (Å²) in [6, 6.07) is 9.82. The molecular weight excluding hydrogens is 184 g/mol. The molecule has 0 aromatic heterocycles. The summed E-state index contributed by atoms with van der Waals surface area (Å²) < 4.78 is 0. The van der Waals surface area contributed by atoms with Crippen molar-refractivity contribution in [1.82, 2.24) is 0 Å². The van der Waals surface area contributed by atoms with Crippen LogP contribution in [-0.2, 0) is 0 Å². The van der Waals surface area contributed by atoms with E-state index in [9.17, 15) is 5.11 Å². The fourth-order valence-electron chi connectivity index (χ4n) is 1.03. The second-order valence-corrected chi connectivity index (χ2v) is 2.96. The topological polar surface area (TPSA) is 20.2 Å². The molecule has 0 fully saturated rings. The molecule has 15 heavy (non-hydrogen) atoms. The van der Waals surface area contributed by atoms with Crippen LogP contribution in [0.5, 0.6) is 0 Å². The van der Waals surface area contributed by atoms with Gasteiger partial charge in [0.25, 0.3) is 0 Å². The van der Waals surface area contributed by atoms with Crippen LogP contribution in [0.4, 0.5) is 0 Å². The van der Waals surface area contributed by atoms with Gasteiger partial charge in [0, 0.05) is 0 Å². The van der Waals surface area contributed by atoms with Crippen LogP contribution >= 0.6 is 0 Å². The van der Waals surface area contributed by atoms with E-state index in [0.29, 0.717) is 0 Å². The third-order valence-electron chi connectivity index (χ3n) is 1.76. The summed E-state index contributed by atoms with van der Waals surface area (Å²) in [7, 11) is 0. The Hall–Kier alpha value is -2.02. The SMILES string of the molecule is C=CC=CC=C(O)C=Cc1ccccc1. The van der Waals surface area contributed by atoms with Gasteiger partial charge < -0.3 is 5.11 Å². The van der Waals surface area contributed by atoms with Crippen LogP contribution in [0.25, 0.3) is 6.08 Å². The van der Waals surface area contributed by atoms with Gasteiger partial charge >= 0.3 is 0 Å². The molecule has 0 spiro atoms. The molecule has 0 heterocycles. The van der Waals surface area contributed by atoms with Crippen molar-refractivity contribution < 1.29 is 5.11 Å². The zero-order valence-electron chi connectivity index (χ0n) is 8.51. The fourth-order valence-corrected chi connectivity index (χ4v) is 1.03. The molecule has 0 radical (unpaired) electrons. The van der Waals surface area contributed by atoms with E-state index in [1.165, 1.54) is 0 Å². The van der Waals surface area contributed by atoms with Crippen molar-refractivity contribution in [3.63, 3.8) is 0 Å². The number of hydrogen-bond acceptors (Lipinski definition) is 1. The van der Waals surface area contributed by atoms with Crippen molar-refractivity contribution in [2.75, 3.05) is 0 Å². The molecule has 0 amide bonds. The van der Waals surface area contributed by atoms with E-state index < -0.39 is 0 Å². The molecule has 0 saturated heterocycles. The maximum absolute atomic E-state index is 9.43. The molecule has 0 aliphatic heterocycles. The summed E-state index contributed by atoms with van der Waals surface area (Å²) in [5.41, 5.74) is 1.06. The second kappa shape index (κ2) is 6.44. The van der Waals surface area contributed by atoms with Gasteiger partial charge in [-0.15, -0.1) is 0 Å². The van der Waals surface area contributed by atoms with Crippen LogP contribution in [-0.4, -0.2) is 5.11 Å². The maximum Gasteiger partial charge on any atom is 0.115 e. The van der Waals surface area contributed by atoms with Crippen LogP contribution in [0, 0.1) is 0 Å². The summed E-state index contributed by atoms with van der Waals surface area (Å²) in [6.07, 6.45) is 10.3. The Morgan fingerprint density at radius 1 is 1.13 bits per heavy atom. The molecule has 1 aromatic rings. The maximum atomic E-state index is 9.43. The van der Waals surface area contributed by atoms with E-state index in [4.69, 9.17) is 0 Å². The first-order valence-electron chi connectivity index (χ1n) is 4.74. The number of benzene rings is 1. The van der Waals surface area contributed by atoms with Gasteiger partial charge in [-0.05, 0) is 17.7 Å². The molecule has 1 nitrogen and oxygen atoms in total. The molecule has 0 aliphatic carbocycles. The molecule has 0 saturated carbocycles. The largest absolute Gasteiger partial charge is 0.508 e. The summed E-state index contributed by atoms with van der Waals surface area (Å²) in [5, 5.41) is 9.43. The third kappa shape index (κ3) is 4.67. The molecule has 1 heteroatoms. The minimum Gasteiger partial charge on any atom is -0.508 e. The van der Waals surface area contributed by atoms with Gasteiger partial charge in [0.1, 0.15) is 5.76 Å². The van der Waals surface area contributed by atoms with Crippen LogP contribution < -0.4 is 0 Å². The first-order chi connectivity index (χ1) is 7.33. The Bertz CT molecular complexity index is 383. The minimum absolute atomic E-state index is 0.219. The number of aliphatic hydroxyl groups excluding tert-OH is 1. The van der Waals surface area contributed by atoms with E-state index in [2.05, 4.69) is 6.58 Å². The summed E-state index contributed by atoms with van der Waals surface area (Å²) in [6.45, 7) is 3.54. The summed E-state index contributed by atoms with van der Waals surface area (Å²) in [4.78, 5) is 0. The predicted octanol–water partition coefficient (Wildman–Crippen LogP) is 3.88. The Morgan fingerprint density at radius 3 is 2.53 bits per heavy atom. The Labute approximate surface area is 90.4 Å². The van der Waals surface area contributed by atoms with Gasteiger partial charge in [-0.1, -0.05) is 61.2 Å². The van der Waals surface area contributed by atoms with Gasteiger partial charge in [-0.2, -0.15) is 0 Å². The molecule has 1 rings (SSSR count). The number of allylic oxidation sites excluding steroid dienone is 5. The smallest absolute Gasteiger partial charge is 0.115 e. The van der Waals surface area contributed by atoms with Crippen LogP contribution in [0.1, 0.15) is 5.56 Å². The third-order valence-corrected chi connectivity index (χ3v) is 1.76. The predicted molar refractivity (Wildman–Crippen MR) is 65.5 cm³/mol. The molecule has 1 aromatic carbocycles. The molecule has 0 unspecified atom stereocenters. The fraction of sp³-hybridized carbons (Fsp3) is 0. The number of aliphatic hydroxyl groups is 1. The van der Waals surface area contributed by atoms with Crippen molar-refractivity contribution in [2.24, 2.45) is 0 Å². The average molecular weight is 198 g/mol. The summed E-state index contributed by atoms with van der Waals surface area (Å²) >= 11 is 0. The van der Waals surface area contributed by atoms with Crippen molar-refractivity contribution in [3.8, 4) is 0 Å². The number of hydrogen-bond donors (Lipinski definition) is 1. The standard InChI is InChI=1S/C14H14O/c1-2-3-5-10-14(15)12-11-13-8-6-4-7-9-13/h2-12,15H,1H2. The van der Waals surface area contributed by atoms with E-state index in [0.717, 1.165) is 5.56 Å². The van der Waals surface area contributed by atoms with E-state index >= 15 is 0 Å². The Kier molecular flexibility index (Phi) is 4.74. The first-order valence-corrected chi connectivity index (χ1v) is 4.74. The highest BCUT2D eigenvalue weighted by Crippen LogP contribution is 2.03. The molecule has 0 aliphatic rings. The van der Waals surface area contributed by atoms with Crippen LogP contribution in [0.3, 0.4) is 0 Å². The van der Waals surface area contributed by atoms with Crippen molar-refractivity contribution in [2.45, 2.75) is 0 Å². The normalized spacial score (nSPS) is 12.4. The van der Waals surface area contributed by atoms with Gasteiger partial charge in [-0.3, -0.25) is 0 Å². The second-order valence-electron chi connectivity index (χ2n) is 2.96. The molecule has 1 N–H and O–H groups in total. The van der Waals surface area contributed by atoms with E-state index in [1.54, 1.807) is 30.4 Å². The highest BCUT2D eigenvalue weighted by atomic mass is 16.3. The van der Waals surface area contributed by atoms with Gasteiger partial charge in [0.05, 0.1) is 0 Å². The summed E-state index contributed by atoms with van der Waals surface area (Å²) in [5.74, 6) is 0.219. The molecular formula is C14H14O. The Balaban J connectivity index is 2.62. The zero-order valence-corrected chi connectivity index (χ0v) is 8.51. The van der Waals surface area contributed by atoms with Gasteiger partial charge in [0.15, 0.2) is 0 Å². The molecule has 0 bridgehead atoms. The Morgan fingerprint density at radius 2 is 1.87 bits per heavy atom. The minimum atomic E-state index is 0.219. The van der Waals surface area contributed by atoms with Crippen LogP contribution in [0.15, 0.2) is 73.1 Å². The monoisotopic (exact) mass is 198 g/mol. The lowest BCUT2D eigenvalue weighted by molar-refractivity contribution is 0.433. The first kappa shape index (κ1) is 11.1. The van der Waals surface area contributed by atoms with Crippen molar-refractivity contribution in [1.29, 1.82) is 0 Å². The van der Waals surface area contributed by atoms with Crippen molar-refractivity contribution in [3.05, 3.63) is 78.6 Å². The van der Waals surface area contributed by atoms with E-state index in [-0.39, 0.29) is 5.76 Å². The van der Waals surface area contributed by atoms with Crippen LogP contribution in [0.2, 0.25) is 0 Å². The highest BCUT2D eigenvalue weighted by Gasteiger charge is 1.84.